The maximum Gasteiger partial charge on any atom is 0.328 e. The number of carbonyl (C=O) groups is 4. The molecule has 456 valence electrons. The molecule has 8 aromatic rings. The van der Waals surface area contributed by atoms with Crippen molar-refractivity contribution in [2.45, 2.75) is 116 Å². The highest BCUT2D eigenvalue weighted by Gasteiger charge is 2.48. The number of methoxy groups -OCH3 is 2. The number of thiazole rings is 2. The lowest BCUT2D eigenvalue weighted by atomic mass is 9.85. The van der Waals surface area contributed by atoms with Gasteiger partial charge in [0.05, 0.1) is 60.8 Å². The van der Waals surface area contributed by atoms with Crippen molar-refractivity contribution in [3.05, 3.63) is 156 Å². The van der Waals surface area contributed by atoms with Crippen LogP contribution < -0.4 is 20.1 Å². The highest BCUT2D eigenvalue weighted by atomic mass is 32.1. The molecule has 6 atom stereocenters. The number of ether oxygens (including phenoxy) is 4. The van der Waals surface area contributed by atoms with Crippen molar-refractivity contribution in [3.8, 4) is 34.3 Å². The van der Waals surface area contributed by atoms with Gasteiger partial charge < -0.3 is 39.4 Å². The zero-order chi connectivity index (χ0) is 62.3. The van der Waals surface area contributed by atoms with Gasteiger partial charge in [-0.15, -0.1) is 29.3 Å². The number of benzene rings is 4. The number of aryl methyl sites for hydroxylation is 2. The first kappa shape index (κ1) is 62.2. The van der Waals surface area contributed by atoms with Crippen LogP contribution >= 0.6 is 22.7 Å². The van der Waals surface area contributed by atoms with Crippen molar-refractivity contribution in [2.75, 3.05) is 37.9 Å². The molecule has 2 saturated heterocycles. The van der Waals surface area contributed by atoms with E-state index in [1.165, 1.54) is 36.9 Å². The molecule has 20 heteroatoms. The predicted octanol–water partition coefficient (Wildman–Crippen LogP) is 12.3. The van der Waals surface area contributed by atoms with Crippen molar-refractivity contribution < 1.29 is 38.1 Å². The molecule has 0 unspecified atom stereocenters. The number of anilines is 2. The number of amides is 2. The third-order valence-corrected chi connectivity index (χ3v) is 17.2. The van der Waals surface area contributed by atoms with Crippen LogP contribution in [0.25, 0.3) is 56.7 Å². The van der Waals surface area contributed by atoms with Crippen molar-refractivity contribution in [1.29, 1.82) is 0 Å². The summed E-state index contributed by atoms with van der Waals surface area (Å²) in [7, 11) is 2.67. The molecule has 6 bridgehead atoms. The average Bonchev–Trinajstić information content (AvgIpc) is 2.17. The van der Waals surface area contributed by atoms with E-state index in [0.29, 0.717) is 44.4 Å². The fourth-order valence-corrected chi connectivity index (χ4v) is 12.5. The third-order valence-electron chi connectivity index (χ3n) is 15.6. The first-order valence-electron chi connectivity index (χ1n) is 29.5. The minimum atomic E-state index is -0.820. The number of nitrogens with zero attached hydrogens (tertiary/aromatic N) is 8. The standard InChI is InChI=1S/C35H39N5O4S.C33H35N5O4S/c1-7-9-15-24-21-45-34(36-24)39-30(35(3,4)5)32(41)40-20-25(19-28(40)33(42)43-6)44-31-29(23-14-12-13-22(8-2)18-23)37-26-16-10-11-17-27(26)38-31;1-33(2,3)28-30(39)38-18-23(17-26(38)31(40)41-4)42-29-27(35-24-14-7-8-15-25(24)36-29)21-12-9-11-20(16-21)10-5-6-13-22-19-43-32(34-22)37-28/h7-8,10-14,16-18,21,25,28,30H,1-2,9,15,19-20H2,3-6H3,(H,36,39);5,7-12,14-16,19,23,26,28H,6,13,17-18H2,1-4H3,(H,34,37)/b;10-5+/t25-,28+,30-;23-,26+,28-/m11/s1. The number of fused-ring (bicyclic) bond motifs is 10. The van der Waals surface area contributed by atoms with Crippen LogP contribution in [0.5, 0.6) is 11.8 Å². The van der Waals surface area contributed by atoms with E-state index in [4.69, 9.17) is 43.9 Å². The summed E-state index contributed by atoms with van der Waals surface area (Å²) in [6.45, 7) is 20.0. The number of esters is 2. The largest absolute Gasteiger partial charge is 0.471 e. The monoisotopic (exact) mass is 1220 g/mol. The Morgan fingerprint density at radius 1 is 0.773 bits per heavy atom. The molecule has 2 N–H and O–H groups in total. The Kier molecular flexibility index (Phi) is 19.1. The van der Waals surface area contributed by atoms with Gasteiger partial charge in [-0.1, -0.05) is 133 Å². The van der Waals surface area contributed by atoms with E-state index in [1.807, 2.05) is 143 Å². The number of carbonyl (C=O) groups excluding carboxylic acids is 4. The Morgan fingerprint density at radius 2 is 1.44 bits per heavy atom. The second-order valence-electron chi connectivity index (χ2n) is 24.1. The van der Waals surface area contributed by atoms with E-state index in [9.17, 15) is 19.2 Å². The Bertz CT molecular complexity index is 3910. The third kappa shape index (κ3) is 14.4. The van der Waals surface area contributed by atoms with Gasteiger partial charge in [0.2, 0.25) is 23.6 Å². The summed E-state index contributed by atoms with van der Waals surface area (Å²) >= 11 is 2.94. The van der Waals surface area contributed by atoms with E-state index in [-0.39, 0.29) is 37.7 Å². The van der Waals surface area contributed by atoms with Crippen molar-refractivity contribution in [2.24, 2.45) is 10.8 Å². The van der Waals surface area contributed by atoms with Gasteiger partial charge in [-0.05, 0) is 84.0 Å². The first-order valence-corrected chi connectivity index (χ1v) is 31.2. The van der Waals surface area contributed by atoms with Crippen LogP contribution in [-0.4, -0.2) is 127 Å². The summed E-state index contributed by atoms with van der Waals surface area (Å²) in [5.74, 6) is -0.708. The smallest absolute Gasteiger partial charge is 0.328 e. The molecule has 88 heavy (non-hydrogen) atoms. The Hall–Kier alpha value is -8.88. The molecule has 0 radical (unpaired) electrons. The highest BCUT2D eigenvalue weighted by Crippen LogP contribution is 2.38. The molecule has 0 saturated carbocycles. The first-order chi connectivity index (χ1) is 42.3. The molecule has 2 fully saturated rings. The summed E-state index contributed by atoms with van der Waals surface area (Å²) in [6.07, 6.45) is 10.6. The SMILES string of the molecule is C=CCCc1csc(N[C@H](C(=O)N2C[C@H](Oc3nc4ccccc4nc3-c3cccc(C=C)c3)C[C@H]2C(=O)OC)C(C)(C)C)n1.COC(=O)[C@@H]1C[C@@H]2CN1C(=O)[C@H](C(C)(C)C)Nc1nc(cs1)CC/C=C/c1cccc(c1)-c1nc3ccccc3nc1O2. The fraction of sp³-hybridized carbons (Fsp3) is 0.353. The number of hydrogen-bond donors (Lipinski definition) is 2. The Balaban J connectivity index is 0.000000195. The molecule has 3 aliphatic heterocycles. The number of allylic oxidation sites excluding steroid dienone is 2. The summed E-state index contributed by atoms with van der Waals surface area (Å²) in [5.41, 5.74) is 8.64. The molecule has 18 nitrogen and oxygen atoms in total. The van der Waals surface area contributed by atoms with E-state index >= 15 is 0 Å². The summed E-state index contributed by atoms with van der Waals surface area (Å²) in [5, 5.41) is 12.1. The maximum absolute atomic E-state index is 14.3. The average molecular weight is 1220 g/mol. The van der Waals surface area contributed by atoms with Gasteiger partial charge in [0.1, 0.15) is 47.8 Å². The Morgan fingerprint density at radius 3 is 2.12 bits per heavy atom. The van der Waals surface area contributed by atoms with E-state index in [1.54, 1.807) is 15.9 Å². The molecule has 3 aliphatic rings. The second kappa shape index (κ2) is 27.0. The van der Waals surface area contributed by atoms with Crippen molar-refractivity contribution in [1.82, 2.24) is 39.7 Å². The lowest BCUT2D eigenvalue weighted by Crippen LogP contribution is -2.52. The summed E-state index contributed by atoms with van der Waals surface area (Å²) in [6, 6.07) is 28.3. The summed E-state index contributed by atoms with van der Waals surface area (Å²) < 4.78 is 23.4. The van der Waals surface area contributed by atoms with Gasteiger partial charge in [0.25, 0.3) is 0 Å². The van der Waals surface area contributed by atoms with Crippen LogP contribution in [0.1, 0.15) is 89.7 Å². The quantitative estimate of drug-likeness (QED) is 0.0860. The lowest BCUT2D eigenvalue weighted by molar-refractivity contribution is -0.152. The van der Waals surface area contributed by atoms with E-state index in [2.05, 4.69) is 53.1 Å². The van der Waals surface area contributed by atoms with Gasteiger partial charge in [0.15, 0.2) is 10.3 Å². The van der Waals surface area contributed by atoms with E-state index < -0.39 is 59.1 Å². The number of hydrogen-bond acceptors (Lipinski definition) is 18. The normalized spacial score (nSPS) is 19.3. The minimum Gasteiger partial charge on any atom is -0.471 e. The van der Waals surface area contributed by atoms with Crippen molar-refractivity contribution >= 4 is 90.9 Å². The Labute approximate surface area is 521 Å². The number of likely N-dealkylation sites (tertiary alicyclic amines) is 1. The number of aromatic nitrogens is 6. The summed E-state index contributed by atoms with van der Waals surface area (Å²) in [4.78, 5) is 86.7. The van der Waals surface area contributed by atoms with Crippen molar-refractivity contribution in [3.63, 3.8) is 0 Å². The van der Waals surface area contributed by atoms with Crippen LogP contribution in [0, 0.1) is 10.8 Å². The van der Waals surface area contributed by atoms with Gasteiger partial charge in [-0.2, -0.15) is 0 Å². The second-order valence-corrected chi connectivity index (χ2v) is 25.9. The minimum absolute atomic E-state index is 0.177. The van der Waals surface area contributed by atoms with Gasteiger partial charge in [0, 0.05) is 34.7 Å². The van der Waals surface area contributed by atoms with Gasteiger partial charge >= 0.3 is 11.9 Å². The molecular formula is C68H74N10O8S2. The predicted molar refractivity (Wildman–Crippen MR) is 347 cm³/mol. The van der Waals surface area contributed by atoms with Crippen LogP contribution in [0.2, 0.25) is 0 Å². The molecule has 0 aliphatic carbocycles. The van der Waals surface area contributed by atoms with Gasteiger partial charge in [-0.3, -0.25) is 9.59 Å². The topological polar surface area (TPSA) is 213 Å². The maximum atomic E-state index is 14.3. The van der Waals surface area contributed by atoms with Crippen LogP contribution in [0.15, 0.2) is 133 Å². The van der Waals surface area contributed by atoms with Gasteiger partial charge in [-0.25, -0.2) is 39.5 Å². The number of rotatable bonds is 12. The lowest BCUT2D eigenvalue weighted by Gasteiger charge is -2.35. The molecule has 4 aromatic heterocycles. The number of para-hydroxylation sites is 4. The molecule has 2 amide bonds. The van der Waals surface area contributed by atoms with Crippen LogP contribution in [0.3, 0.4) is 0 Å². The van der Waals surface area contributed by atoms with Crippen LogP contribution in [-0.2, 0) is 41.5 Å². The number of nitrogens with one attached hydrogen (secondary N) is 2. The zero-order valence-electron chi connectivity index (χ0n) is 50.9. The fourth-order valence-electron chi connectivity index (χ4n) is 11.0. The zero-order valence-corrected chi connectivity index (χ0v) is 52.5. The molecule has 0 spiro atoms. The highest BCUT2D eigenvalue weighted by molar-refractivity contribution is 7.14. The molecule has 7 heterocycles. The molecular weight excluding hydrogens is 1150 g/mol. The molecule has 11 rings (SSSR count). The molecule has 4 aromatic carbocycles. The van der Waals surface area contributed by atoms with Crippen LogP contribution in [0.4, 0.5) is 10.3 Å². The van der Waals surface area contributed by atoms with E-state index in [0.717, 1.165) is 70.4 Å².